The van der Waals surface area contributed by atoms with Crippen molar-refractivity contribution in [2.24, 2.45) is 0 Å². The van der Waals surface area contributed by atoms with E-state index in [1.165, 1.54) is 0 Å². The molecule has 2 aromatic carbocycles. The van der Waals surface area contributed by atoms with E-state index in [0.29, 0.717) is 23.0 Å². The highest BCUT2D eigenvalue weighted by molar-refractivity contribution is 5.85. The number of rotatable bonds is 5. The van der Waals surface area contributed by atoms with Crippen LogP contribution in [0.1, 0.15) is 5.56 Å². The van der Waals surface area contributed by atoms with Crippen LogP contribution in [-0.4, -0.2) is 29.9 Å². The molecule has 4 heterocycles. The van der Waals surface area contributed by atoms with Crippen LogP contribution < -0.4 is 11.1 Å². The number of H-pyrrole nitrogens is 1. The topological polar surface area (TPSA) is 118 Å². The average Bonchev–Trinajstić information content (AvgIpc) is 3.34. The molecule has 8 nitrogen and oxygen atoms in total. The number of benzene rings is 2. The highest BCUT2D eigenvalue weighted by Crippen LogP contribution is 2.28. The maximum atomic E-state index is 5.98. The molecule has 0 spiro atoms. The van der Waals surface area contributed by atoms with E-state index < -0.39 is 0 Å². The molecule has 0 fully saturated rings. The highest BCUT2D eigenvalue weighted by atomic mass is 15.0. The van der Waals surface area contributed by atoms with Gasteiger partial charge in [-0.3, -0.25) is 9.97 Å². The Morgan fingerprint density at radius 2 is 1.69 bits per heavy atom. The fourth-order valence-corrected chi connectivity index (χ4v) is 4.09. The Morgan fingerprint density at radius 3 is 2.47 bits per heavy atom. The molecule has 4 N–H and O–H groups in total. The van der Waals surface area contributed by atoms with Gasteiger partial charge in [-0.25, -0.2) is 15.0 Å². The van der Waals surface area contributed by atoms with Crippen LogP contribution >= 0.6 is 0 Å². The van der Waals surface area contributed by atoms with E-state index in [9.17, 15) is 0 Å². The first-order valence-electron chi connectivity index (χ1n) is 11.5. The van der Waals surface area contributed by atoms with Gasteiger partial charge in [0.05, 0.1) is 16.7 Å². The second-order valence-electron chi connectivity index (χ2n) is 8.44. The number of hydrogen-bond acceptors (Lipinski definition) is 7. The van der Waals surface area contributed by atoms with E-state index in [1.54, 1.807) is 18.6 Å². The molecule has 0 aliphatic carbocycles. The number of nitrogens with zero attached hydrogens (tertiary/aromatic N) is 5. The maximum Gasteiger partial charge on any atom is 0.180 e. The van der Waals surface area contributed by atoms with E-state index in [1.807, 2.05) is 79.7 Å². The Labute approximate surface area is 207 Å². The molecule has 4 aromatic heterocycles. The number of nitrogens with two attached hydrogens (primary N) is 1. The Kier molecular flexibility index (Phi) is 5.31. The number of aromatic amines is 1. The minimum Gasteiger partial charge on any atom is -0.399 e. The predicted molar refractivity (Wildman–Crippen MR) is 142 cm³/mol. The summed E-state index contributed by atoms with van der Waals surface area (Å²) in [5.41, 5.74) is 13.8. The van der Waals surface area contributed by atoms with E-state index in [0.717, 1.165) is 44.9 Å². The van der Waals surface area contributed by atoms with E-state index in [-0.39, 0.29) is 0 Å². The van der Waals surface area contributed by atoms with Crippen molar-refractivity contribution in [1.82, 2.24) is 29.9 Å². The lowest BCUT2D eigenvalue weighted by molar-refractivity contribution is 1.14. The summed E-state index contributed by atoms with van der Waals surface area (Å²) >= 11 is 0. The lowest BCUT2D eigenvalue weighted by atomic mass is 10.2. The average molecular weight is 471 g/mol. The highest BCUT2D eigenvalue weighted by Gasteiger charge is 2.11. The summed E-state index contributed by atoms with van der Waals surface area (Å²) in [6.45, 7) is 2.02. The van der Waals surface area contributed by atoms with Crippen LogP contribution in [0, 0.1) is 6.92 Å². The third-order valence-electron chi connectivity index (χ3n) is 5.82. The van der Waals surface area contributed by atoms with Crippen molar-refractivity contribution in [2.75, 3.05) is 11.1 Å². The van der Waals surface area contributed by atoms with E-state index >= 15 is 0 Å². The molecule has 0 amide bonds. The number of nitrogen functional groups attached to an aromatic ring is 1. The van der Waals surface area contributed by atoms with Crippen molar-refractivity contribution in [3.8, 4) is 34.2 Å². The fourth-order valence-electron chi connectivity index (χ4n) is 4.09. The minimum atomic E-state index is 0.535. The second-order valence-corrected chi connectivity index (χ2v) is 8.44. The minimum absolute atomic E-state index is 0.535. The smallest absolute Gasteiger partial charge is 0.180 e. The van der Waals surface area contributed by atoms with Crippen molar-refractivity contribution < 1.29 is 0 Å². The van der Waals surface area contributed by atoms with Crippen molar-refractivity contribution in [2.45, 2.75) is 6.92 Å². The monoisotopic (exact) mass is 470 g/mol. The van der Waals surface area contributed by atoms with Crippen LogP contribution in [0.25, 0.3) is 45.2 Å². The third-order valence-corrected chi connectivity index (χ3v) is 5.82. The number of pyridine rings is 2. The number of fused-ring (bicyclic) bond motifs is 1. The molecule has 0 aliphatic rings. The van der Waals surface area contributed by atoms with Crippen LogP contribution in [0.2, 0.25) is 0 Å². The number of imidazole rings is 1. The SMILES string of the molecule is Cc1cc(N)cc2nc(-c3ccc(Nc4cc(-c5cccnc5)nc(-c5ccccn5)n4)cc3)[nH]c12. The lowest BCUT2D eigenvalue weighted by Crippen LogP contribution is -2.00. The number of aromatic nitrogens is 6. The molecule has 0 atom stereocenters. The Morgan fingerprint density at radius 1 is 0.806 bits per heavy atom. The second kappa shape index (κ2) is 8.92. The molecule has 0 unspecified atom stereocenters. The Hall–Kier alpha value is -5.11. The van der Waals surface area contributed by atoms with Crippen molar-refractivity contribution in [3.63, 3.8) is 0 Å². The van der Waals surface area contributed by atoms with Gasteiger partial charge in [0.2, 0.25) is 0 Å². The first-order valence-corrected chi connectivity index (χ1v) is 11.5. The van der Waals surface area contributed by atoms with Gasteiger partial charge in [0.25, 0.3) is 0 Å². The number of nitrogens with one attached hydrogen (secondary N) is 2. The van der Waals surface area contributed by atoms with Gasteiger partial charge in [0, 0.05) is 47.2 Å². The van der Waals surface area contributed by atoms with Gasteiger partial charge in [-0.1, -0.05) is 6.07 Å². The van der Waals surface area contributed by atoms with Crippen LogP contribution in [0.15, 0.2) is 91.4 Å². The number of hydrogen-bond donors (Lipinski definition) is 3. The molecule has 0 radical (unpaired) electrons. The molecule has 0 aliphatic heterocycles. The maximum absolute atomic E-state index is 5.98. The van der Waals surface area contributed by atoms with Gasteiger partial charge in [0.15, 0.2) is 5.82 Å². The first-order chi connectivity index (χ1) is 17.6. The molecule has 6 aromatic rings. The normalized spacial score (nSPS) is 11.0. The Balaban J connectivity index is 1.33. The zero-order valence-electron chi connectivity index (χ0n) is 19.5. The van der Waals surface area contributed by atoms with Crippen LogP contribution in [0.3, 0.4) is 0 Å². The molecular weight excluding hydrogens is 448 g/mol. The molecule has 8 heteroatoms. The summed E-state index contributed by atoms with van der Waals surface area (Å²) in [7, 11) is 0. The van der Waals surface area contributed by atoms with Crippen molar-refractivity contribution in [3.05, 3.63) is 97.0 Å². The summed E-state index contributed by atoms with van der Waals surface area (Å²) in [5.74, 6) is 1.99. The third kappa shape index (κ3) is 4.23. The lowest BCUT2D eigenvalue weighted by Gasteiger charge is -2.10. The molecular formula is C28H22N8. The van der Waals surface area contributed by atoms with E-state index in [2.05, 4.69) is 20.3 Å². The van der Waals surface area contributed by atoms with Gasteiger partial charge in [0.1, 0.15) is 17.3 Å². The van der Waals surface area contributed by atoms with Gasteiger partial charge in [-0.2, -0.15) is 0 Å². The molecule has 0 saturated heterocycles. The zero-order chi connectivity index (χ0) is 24.5. The summed E-state index contributed by atoms with van der Waals surface area (Å²) < 4.78 is 0. The molecule has 36 heavy (non-hydrogen) atoms. The first kappa shape index (κ1) is 21.4. The summed E-state index contributed by atoms with van der Waals surface area (Å²) in [6, 6.07) is 23.3. The quantitative estimate of drug-likeness (QED) is 0.273. The largest absolute Gasteiger partial charge is 0.399 e. The summed E-state index contributed by atoms with van der Waals surface area (Å²) in [5, 5.41) is 3.40. The summed E-state index contributed by atoms with van der Waals surface area (Å²) in [6.07, 6.45) is 5.25. The fraction of sp³-hybridized carbons (Fsp3) is 0.0357. The van der Waals surface area contributed by atoms with Crippen LogP contribution in [-0.2, 0) is 0 Å². The number of aryl methyl sites for hydroxylation is 1. The number of anilines is 3. The molecule has 6 rings (SSSR count). The molecule has 174 valence electrons. The van der Waals surface area contributed by atoms with Crippen molar-refractivity contribution in [1.29, 1.82) is 0 Å². The zero-order valence-corrected chi connectivity index (χ0v) is 19.5. The summed E-state index contributed by atoms with van der Waals surface area (Å²) in [4.78, 5) is 26.2. The predicted octanol–water partition coefficient (Wildman–Crippen LogP) is 5.78. The van der Waals surface area contributed by atoms with Crippen LogP contribution in [0.5, 0.6) is 0 Å². The van der Waals surface area contributed by atoms with Gasteiger partial charge in [-0.15, -0.1) is 0 Å². The van der Waals surface area contributed by atoms with E-state index in [4.69, 9.17) is 20.7 Å². The standard InChI is InChI=1S/C28H22N8/c1-17-13-20(29)14-24-26(17)36-27(34-24)18-7-9-21(10-8-18)32-25-15-23(19-5-4-11-30-16-19)33-28(35-25)22-6-2-3-12-31-22/h2-16H,29H2,1H3,(H,34,36)(H,32,33,35). The van der Waals surface area contributed by atoms with Gasteiger partial charge < -0.3 is 16.0 Å². The van der Waals surface area contributed by atoms with Gasteiger partial charge in [-0.05, 0) is 73.2 Å². The molecule has 0 saturated carbocycles. The Bertz CT molecular complexity index is 1600. The van der Waals surface area contributed by atoms with Crippen molar-refractivity contribution >= 4 is 28.2 Å². The van der Waals surface area contributed by atoms with Gasteiger partial charge >= 0.3 is 0 Å². The molecule has 0 bridgehead atoms. The van der Waals surface area contributed by atoms with Crippen LogP contribution in [0.4, 0.5) is 17.2 Å².